The zero-order chi connectivity index (χ0) is 30.0. The largest absolute Gasteiger partial charge is 0.511 e. The number of allylic oxidation sites excluding steroid dienone is 11. The number of aliphatic imine (C=N–C) groups is 3. The van der Waals surface area contributed by atoms with Crippen molar-refractivity contribution < 1.29 is 19.7 Å². The molecule has 0 spiro atoms. The van der Waals surface area contributed by atoms with E-state index in [1.165, 1.54) is 7.11 Å². The van der Waals surface area contributed by atoms with Gasteiger partial charge in [0.05, 0.1) is 47.4 Å². The highest BCUT2D eigenvalue weighted by Gasteiger charge is 2.41. The normalized spacial score (nSPS) is 25.4. The first-order valence-corrected chi connectivity index (χ1v) is 14.4. The lowest BCUT2D eigenvalue weighted by Crippen LogP contribution is -2.16. The van der Waals surface area contributed by atoms with Crippen LogP contribution in [0.4, 0.5) is 0 Å². The predicted octanol–water partition coefficient (Wildman–Crippen LogP) is 5.77. The number of rotatable bonds is 5. The lowest BCUT2D eigenvalue weighted by atomic mass is 9.86. The fourth-order valence-corrected chi connectivity index (χ4v) is 6.81. The molecule has 1 fully saturated rings. The molecule has 0 aromatic heterocycles. The minimum absolute atomic E-state index is 0.0179. The highest BCUT2D eigenvalue weighted by Crippen LogP contribution is 2.46. The van der Waals surface area contributed by atoms with Crippen LogP contribution in [0.15, 0.2) is 119 Å². The number of aliphatic hydroxyl groups excluding tert-OH is 2. The lowest BCUT2D eigenvalue weighted by Gasteiger charge is -2.17. The monoisotopic (exact) mass is 564 g/mol. The molecule has 0 radical (unpaired) electrons. The fourth-order valence-electron chi connectivity index (χ4n) is 6.81. The third-order valence-corrected chi connectivity index (χ3v) is 9.17. The molecule has 1 saturated heterocycles. The molecule has 216 valence electrons. The smallest absolute Gasteiger partial charge is 0.305 e. The van der Waals surface area contributed by atoms with Gasteiger partial charge in [-0.2, -0.15) is 0 Å². The molecule has 5 heterocycles. The van der Waals surface area contributed by atoms with Crippen LogP contribution in [0.2, 0.25) is 0 Å². The van der Waals surface area contributed by atoms with Crippen LogP contribution < -0.4 is 5.32 Å². The molecule has 8 nitrogen and oxygen atoms in total. The van der Waals surface area contributed by atoms with Crippen LogP contribution in [0.5, 0.6) is 0 Å². The molecule has 0 saturated carbocycles. The van der Waals surface area contributed by atoms with E-state index in [0.29, 0.717) is 24.3 Å². The van der Waals surface area contributed by atoms with E-state index in [-0.39, 0.29) is 24.2 Å². The van der Waals surface area contributed by atoms with Crippen molar-refractivity contribution in [3.63, 3.8) is 0 Å². The number of carbonyl (C=O) groups excluding carboxylic acids is 1. The van der Waals surface area contributed by atoms with Gasteiger partial charge in [0.25, 0.3) is 0 Å². The van der Waals surface area contributed by atoms with E-state index in [1.807, 2.05) is 39.0 Å². The average molecular weight is 565 g/mol. The second-order valence-corrected chi connectivity index (χ2v) is 11.6. The minimum atomic E-state index is -0.720. The third kappa shape index (κ3) is 4.24. The van der Waals surface area contributed by atoms with Crippen LogP contribution in [0, 0.1) is 11.8 Å². The molecule has 8 bridgehead atoms. The van der Waals surface area contributed by atoms with Gasteiger partial charge in [-0.15, -0.1) is 0 Å². The standard InChI is InChI=1S/C34H36N4O4/c1-8-20-15(2)23-14-28-31(19(6)39)17(4)25(36-28)12-24-16(3)21(9-10-30(41)42-7)33(37-24)22-11-29(40)32-18(5)26(38-34(22)32)13-27(20)35-23/h8,12-14,16,19,21,37,39-40H,1,9-11H2,2-7H3/t16-,19?,21-/m0/s1. The highest BCUT2D eigenvalue weighted by atomic mass is 16.5. The van der Waals surface area contributed by atoms with Crippen molar-refractivity contribution in [2.75, 3.05) is 7.11 Å². The van der Waals surface area contributed by atoms with Gasteiger partial charge < -0.3 is 20.3 Å². The van der Waals surface area contributed by atoms with Gasteiger partial charge in [-0.1, -0.05) is 19.6 Å². The number of methoxy groups -OCH3 is 1. The van der Waals surface area contributed by atoms with Crippen molar-refractivity contribution in [2.45, 2.75) is 60.0 Å². The van der Waals surface area contributed by atoms with Crippen LogP contribution in [0.3, 0.4) is 0 Å². The van der Waals surface area contributed by atoms with Crippen LogP contribution in [-0.4, -0.2) is 46.5 Å². The summed E-state index contributed by atoms with van der Waals surface area (Å²) in [6, 6.07) is 0. The van der Waals surface area contributed by atoms with Crippen LogP contribution in [0.25, 0.3) is 0 Å². The summed E-state index contributed by atoms with van der Waals surface area (Å²) in [5.41, 5.74) is 12.5. The molecule has 3 atom stereocenters. The number of nitrogens with zero attached hydrogens (tertiary/aromatic N) is 3. The molecule has 6 aliphatic rings. The fraction of sp³-hybridized carbons (Fsp3) is 0.353. The molecular formula is C34H36N4O4. The van der Waals surface area contributed by atoms with Crippen molar-refractivity contribution in [1.82, 2.24) is 5.32 Å². The Balaban J connectivity index is 1.61. The molecule has 0 aromatic rings. The van der Waals surface area contributed by atoms with E-state index in [1.54, 1.807) is 13.0 Å². The second kappa shape index (κ2) is 10.2. The molecule has 1 unspecified atom stereocenters. The number of esters is 1. The van der Waals surface area contributed by atoms with Crippen molar-refractivity contribution >= 4 is 23.1 Å². The summed E-state index contributed by atoms with van der Waals surface area (Å²) < 4.78 is 4.96. The second-order valence-electron chi connectivity index (χ2n) is 11.6. The van der Waals surface area contributed by atoms with E-state index in [9.17, 15) is 15.0 Å². The minimum Gasteiger partial charge on any atom is -0.511 e. The van der Waals surface area contributed by atoms with E-state index in [0.717, 1.165) is 78.9 Å². The highest BCUT2D eigenvalue weighted by molar-refractivity contribution is 6.21. The van der Waals surface area contributed by atoms with E-state index >= 15 is 0 Å². The number of ether oxygens (including phenoxy) is 1. The number of fused-ring (bicyclic) bond motifs is 5. The van der Waals surface area contributed by atoms with Crippen LogP contribution >= 0.6 is 0 Å². The summed E-state index contributed by atoms with van der Waals surface area (Å²) in [6.07, 6.45) is 8.23. The van der Waals surface area contributed by atoms with Gasteiger partial charge in [0.2, 0.25) is 0 Å². The summed E-state index contributed by atoms with van der Waals surface area (Å²) in [4.78, 5) is 27.2. The molecule has 0 aromatic carbocycles. The Morgan fingerprint density at radius 1 is 1.12 bits per heavy atom. The average Bonchev–Trinajstić information content (AvgIpc) is 3.70. The Morgan fingerprint density at radius 3 is 2.52 bits per heavy atom. The van der Waals surface area contributed by atoms with Crippen LogP contribution in [-0.2, 0) is 9.53 Å². The first-order valence-electron chi connectivity index (χ1n) is 14.4. The van der Waals surface area contributed by atoms with Gasteiger partial charge >= 0.3 is 5.97 Å². The Labute approximate surface area is 246 Å². The molecule has 42 heavy (non-hydrogen) atoms. The van der Waals surface area contributed by atoms with Crippen LogP contribution in [0.1, 0.15) is 53.9 Å². The zero-order valence-corrected chi connectivity index (χ0v) is 24.9. The Bertz CT molecular complexity index is 1710. The SMILES string of the molecule is C=CC1=C(C)C2=NC1=CC1=C(C)C3=C(O)CC(=C4NC(=CC5=NC(=C2)C(C(C)O)=C5C)[C@@H](C)[C@@H]4CCC(=O)OC)C3=N1. The summed E-state index contributed by atoms with van der Waals surface area (Å²) in [6.45, 7) is 13.9. The maximum atomic E-state index is 12.2. The summed E-state index contributed by atoms with van der Waals surface area (Å²) in [5.74, 6) is 0.0564. The molecule has 5 aliphatic heterocycles. The quantitative estimate of drug-likeness (QED) is 0.367. The van der Waals surface area contributed by atoms with Crippen molar-refractivity contribution in [2.24, 2.45) is 26.8 Å². The van der Waals surface area contributed by atoms with Crippen molar-refractivity contribution in [3.8, 4) is 0 Å². The van der Waals surface area contributed by atoms with Gasteiger partial charge in [-0.3, -0.25) is 4.79 Å². The number of hydrogen-bond donors (Lipinski definition) is 3. The molecular weight excluding hydrogens is 528 g/mol. The zero-order valence-electron chi connectivity index (χ0n) is 24.9. The van der Waals surface area contributed by atoms with E-state index < -0.39 is 6.10 Å². The van der Waals surface area contributed by atoms with Gasteiger partial charge in [-0.25, -0.2) is 15.0 Å². The number of aliphatic hydroxyl groups is 2. The molecule has 6 rings (SSSR count). The van der Waals surface area contributed by atoms with Crippen molar-refractivity contribution in [1.29, 1.82) is 0 Å². The van der Waals surface area contributed by atoms with E-state index in [4.69, 9.17) is 19.7 Å². The maximum absolute atomic E-state index is 12.2. The van der Waals surface area contributed by atoms with Gasteiger partial charge in [0.15, 0.2) is 0 Å². The predicted molar refractivity (Wildman–Crippen MR) is 165 cm³/mol. The lowest BCUT2D eigenvalue weighted by molar-refractivity contribution is -0.140. The molecule has 3 N–H and O–H groups in total. The summed E-state index contributed by atoms with van der Waals surface area (Å²) >= 11 is 0. The Hall–Kier alpha value is -4.30. The topological polar surface area (TPSA) is 116 Å². The maximum Gasteiger partial charge on any atom is 0.305 e. The Kier molecular flexibility index (Phi) is 6.77. The number of nitrogens with one attached hydrogen (secondary N) is 1. The molecule has 0 amide bonds. The first kappa shape index (κ1) is 27.8. The van der Waals surface area contributed by atoms with Gasteiger partial charge in [-0.05, 0) is 69.1 Å². The number of carbonyl (C=O) groups is 1. The summed E-state index contributed by atoms with van der Waals surface area (Å²) in [5, 5.41) is 25.6. The third-order valence-electron chi connectivity index (χ3n) is 9.17. The van der Waals surface area contributed by atoms with Gasteiger partial charge in [0, 0.05) is 58.4 Å². The Morgan fingerprint density at radius 2 is 1.83 bits per heavy atom. The van der Waals surface area contributed by atoms with Crippen molar-refractivity contribution in [3.05, 3.63) is 104 Å². The summed E-state index contributed by atoms with van der Waals surface area (Å²) in [7, 11) is 1.41. The first-order chi connectivity index (χ1) is 20.0. The van der Waals surface area contributed by atoms with E-state index in [2.05, 4.69) is 18.8 Å². The van der Waals surface area contributed by atoms with Gasteiger partial charge in [0.1, 0.15) is 5.76 Å². The number of hydrogen-bond acceptors (Lipinski definition) is 8. The molecule has 8 heteroatoms. The molecule has 1 aliphatic carbocycles.